The molecule has 4 nitrogen and oxygen atoms in total. The molecule has 2 amide bonds. The normalized spacial score (nSPS) is 33.2. The van der Waals surface area contributed by atoms with Gasteiger partial charge >= 0.3 is 0 Å². The van der Waals surface area contributed by atoms with Crippen molar-refractivity contribution in [2.75, 3.05) is 13.1 Å². The maximum absolute atomic E-state index is 13.3. The minimum absolute atomic E-state index is 0.0696. The van der Waals surface area contributed by atoms with E-state index in [4.69, 9.17) is 0 Å². The summed E-state index contributed by atoms with van der Waals surface area (Å²) in [6.07, 6.45) is 9.20. The number of piperidine rings is 1. The minimum Gasteiger partial charge on any atom is -0.353 e. The van der Waals surface area contributed by atoms with E-state index in [1.807, 2.05) is 17.0 Å². The Morgan fingerprint density at radius 1 is 0.933 bits per heavy atom. The molecule has 0 atom stereocenters. The van der Waals surface area contributed by atoms with Crippen LogP contribution < -0.4 is 5.32 Å². The molecule has 0 radical (unpaired) electrons. The van der Waals surface area contributed by atoms with Crippen LogP contribution >= 0.6 is 0 Å². The van der Waals surface area contributed by atoms with E-state index >= 15 is 0 Å². The summed E-state index contributed by atoms with van der Waals surface area (Å²) in [6, 6.07) is 8.27. The number of hydrogen-bond donors (Lipinski definition) is 1. The molecule has 0 unspecified atom stereocenters. The van der Waals surface area contributed by atoms with Crippen LogP contribution in [0.25, 0.3) is 0 Å². The molecule has 4 bridgehead atoms. The van der Waals surface area contributed by atoms with Gasteiger partial charge in [0.05, 0.1) is 0 Å². The lowest BCUT2D eigenvalue weighted by molar-refractivity contribution is -0.147. The molecule has 1 saturated heterocycles. The second kappa shape index (κ2) is 7.69. The van der Waals surface area contributed by atoms with Crippen LogP contribution in [0, 0.1) is 23.2 Å². The lowest BCUT2D eigenvalue weighted by Gasteiger charge is -2.56. The van der Waals surface area contributed by atoms with E-state index in [0.29, 0.717) is 11.8 Å². The summed E-state index contributed by atoms with van der Waals surface area (Å²) in [5, 5.41) is 3.42. The first-order valence-corrected chi connectivity index (χ1v) is 12.1. The van der Waals surface area contributed by atoms with Crippen LogP contribution in [-0.4, -0.2) is 35.8 Å². The largest absolute Gasteiger partial charge is 0.353 e. The highest BCUT2D eigenvalue weighted by atomic mass is 16.2. The predicted molar refractivity (Wildman–Crippen MR) is 118 cm³/mol. The molecule has 1 heterocycles. The third kappa shape index (κ3) is 3.67. The minimum atomic E-state index is -0.0696. The molecule has 5 aliphatic rings. The molecule has 4 aliphatic carbocycles. The van der Waals surface area contributed by atoms with E-state index in [0.717, 1.165) is 68.5 Å². The first-order chi connectivity index (χ1) is 14.4. The number of benzene rings is 1. The SMILES string of the molecule is CC(C)c1ccc(C(=O)N2CCC(NC(=O)C34CC5CC(CC(C5)C3)C4)CC2)cc1. The molecule has 162 valence electrons. The first-order valence-electron chi connectivity index (χ1n) is 12.1. The molecule has 30 heavy (non-hydrogen) atoms. The number of carbonyl (C=O) groups excluding carboxylic acids is 2. The maximum Gasteiger partial charge on any atom is 0.253 e. The van der Waals surface area contributed by atoms with Crippen LogP contribution in [0.1, 0.15) is 87.1 Å². The summed E-state index contributed by atoms with van der Waals surface area (Å²) in [5.41, 5.74) is 1.97. The van der Waals surface area contributed by atoms with E-state index in [1.54, 1.807) is 0 Å². The van der Waals surface area contributed by atoms with Gasteiger partial charge in [-0.25, -0.2) is 0 Å². The molecule has 1 aromatic rings. The van der Waals surface area contributed by atoms with E-state index in [9.17, 15) is 9.59 Å². The van der Waals surface area contributed by atoms with Gasteiger partial charge in [-0.15, -0.1) is 0 Å². The van der Waals surface area contributed by atoms with Crippen molar-refractivity contribution in [1.82, 2.24) is 10.2 Å². The maximum atomic E-state index is 13.3. The molecule has 0 spiro atoms. The lowest BCUT2D eigenvalue weighted by Crippen LogP contribution is -2.56. The summed E-state index contributed by atoms with van der Waals surface area (Å²) in [7, 11) is 0. The molecule has 0 aromatic heterocycles. The smallest absolute Gasteiger partial charge is 0.253 e. The Labute approximate surface area is 180 Å². The highest BCUT2D eigenvalue weighted by Crippen LogP contribution is 2.60. The van der Waals surface area contributed by atoms with Crippen LogP contribution in [0.2, 0.25) is 0 Å². The molecular formula is C26H36N2O2. The average molecular weight is 409 g/mol. The van der Waals surface area contributed by atoms with Crippen LogP contribution in [0.15, 0.2) is 24.3 Å². The Morgan fingerprint density at radius 2 is 1.47 bits per heavy atom. The highest BCUT2D eigenvalue weighted by molar-refractivity contribution is 5.94. The summed E-state index contributed by atoms with van der Waals surface area (Å²) < 4.78 is 0. The van der Waals surface area contributed by atoms with Crippen molar-refractivity contribution in [3.63, 3.8) is 0 Å². The fourth-order valence-electron chi connectivity index (χ4n) is 7.15. The fraction of sp³-hybridized carbons (Fsp3) is 0.692. The van der Waals surface area contributed by atoms with Crippen molar-refractivity contribution >= 4 is 11.8 Å². The molecule has 1 aromatic carbocycles. The number of nitrogens with zero attached hydrogens (tertiary/aromatic N) is 1. The third-order valence-electron chi connectivity index (χ3n) is 8.46. The van der Waals surface area contributed by atoms with Gasteiger partial charge in [0.1, 0.15) is 0 Å². The van der Waals surface area contributed by atoms with Crippen molar-refractivity contribution in [3.8, 4) is 0 Å². The number of nitrogens with one attached hydrogen (secondary N) is 1. The van der Waals surface area contributed by atoms with Crippen molar-refractivity contribution in [3.05, 3.63) is 35.4 Å². The number of amides is 2. The van der Waals surface area contributed by atoms with Gasteiger partial charge in [-0.1, -0.05) is 26.0 Å². The third-order valence-corrected chi connectivity index (χ3v) is 8.46. The molecule has 1 N–H and O–H groups in total. The average Bonchev–Trinajstić information content (AvgIpc) is 2.73. The Bertz CT molecular complexity index is 770. The van der Waals surface area contributed by atoms with Gasteiger partial charge in [-0.3, -0.25) is 9.59 Å². The van der Waals surface area contributed by atoms with Crippen LogP contribution in [0.3, 0.4) is 0 Å². The Morgan fingerprint density at radius 3 is 1.97 bits per heavy atom. The summed E-state index contributed by atoms with van der Waals surface area (Å²) in [4.78, 5) is 28.1. The summed E-state index contributed by atoms with van der Waals surface area (Å²) >= 11 is 0. The van der Waals surface area contributed by atoms with Crippen molar-refractivity contribution < 1.29 is 9.59 Å². The molecule has 1 aliphatic heterocycles. The van der Waals surface area contributed by atoms with Gasteiger partial charge in [-0.05, 0) is 92.7 Å². The van der Waals surface area contributed by atoms with E-state index in [2.05, 4.69) is 31.3 Å². The van der Waals surface area contributed by atoms with Crippen molar-refractivity contribution in [2.45, 2.75) is 77.2 Å². The van der Waals surface area contributed by atoms with Crippen molar-refractivity contribution in [2.24, 2.45) is 23.2 Å². The Balaban J connectivity index is 1.15. The van der Waals surface area contributed by atoms with Gasteiger partial charge in [-0.2, -0.15) is 0 Å². The second-order valence-corrected chi connectivity index (χ2v) is 11.0. The predicted octanol–water partition coefficient (Wildman–Crippen LogP) is 4.75. The van der Waals surface area contributed by atoms with Crippen LogP contribution in [0.5, 0.6) is 0 Å². The molecule has 4 heteroatoms. The highest BCUT2D eigenvalue weighted by Gasteiger charge is 2.54. The summed E-state index contributed by atoms with van der Waals surface area (Å²) in [5.74, 6) is 3.31. The number of carbonyl (C=O) groups is 2. The number of likely N-dealkylation sites (tertiary alicyclic amines) is 1. The van der Waals surface area contributed by atoms with Crippen molar-refractivity contribution in [1.29, 1.82) is 0 Å². The van der Waals surface area contributed by atoms with E-state index in [-0.39, 0.29) is 17.4 Å². The zero-order valence-corrected chi connectivity index (χ0v) is 18.5. The van der Waals surface area contributed by atoms with Gasteiger partial charge in [0.15, 0.2) is 0 Å². The monoisotopic (exact) mass is 408 g/mol. The van der Waals surface area contributed by atoms with Gasteiger partial charge < -0.3 is 10.2 Å². The van der Waals surface area contributed by atoms with E-state index < -0.39 is 0 Å². The molecule has 5 fully saturated rings. The van der Waals surface area contributed by atoms with E-state index in [1.165, 1.54) is 24.8 Å². The zero-order valence-electron chi connectivity index (χ0n) is 18.5. The quantitative estimate of drug-likeness (QED) is 0.782. The van der Waals surface area contributed by atoms with Crippen LogP contribution in [-0.2, 0) is 4.79 Å². The number of rotatable bonds is 4. The first kappa shape index (κ1) is 20.1. The molecular weight excluding hydrogens is 372 g/mol. The zero-order chi connectivity index (χ0) is 20.9. The Hall–Kier alpha value is -1.84. The van der Waals surface area contributed by atoms with Gasteiger partial charge in [0.25, 0.3) is 5.91 Å². The van der Waals surface area contributed by atoms with Gasteiger partial charge in [0, 0.05) is 30.1 Å². The number of hydrogen-bond acceptors (Lipinski definition) is 2. The fourth-order valence-corrected chi connectivity index (χ4v) is 7.15. The molecule has 4 saturated carbocycles. The lowest BCUT2D eigenvalue weighted by atomic mass is 9.49. The standard InChI is InChI=1S/C26H36N2O2/c1-17(2)21-3-5-22(6-4-21)24(29)28-9-7-23(8-10-28)27-25(30)26-14-18-11-19(15-26)13-20(12-18)16-26/h3-6,17-20,23H,7-16H2,1-2H3,(H,27,30). The Kier molecular flexibility index (Phi) is 5.15. The topological polar surface area (TPSA) is 49.4 Å². The van der Waals surface area contributed by atoms with Gasteiger partial charge in [0.2, 0.25) is 5.91 Å². The summed E-state index contributed by atoms with van der Waals surface area (Å²) in [6.45, 7) is 5.80. The second-order valence-electron chi connectivity index (χ2n) is 11.0. The van der Waals surface area contributed by atoms with Crippen LogP contribution in [0.4, 0.5) is 0 Å². The molecule has 6 rings (SSSR count).